The molecule has 0 aromatic heterocycles. The summed E-state index contributed by atoms with van der Waals surface area (Å²) < 4.78 is 20.0. The van der Waals surface area contributed by atoms with Crippen molar-refractivity contribution in [2.75, 3.05) is 6.61 Å². The maximum Gasteiger partial charge on any atom is 0.363 e. The van der Waals surface area contributed by atoms with Gasteiger partial charge in [-0.2, -0.15) is 4.21 Å². The first kappa shape index (κ1) is 25.2. The fourth-order valence-corrected chi connectivity index (χ4v) is 3.32. The van der Waals surface area contributed by atoms with Gasteiger partial charge in [-0.15, -0.1) is 0 Å². The van der Waals surface area contributed by atoms with Crippen LogP contribution in [0.4, 0.5) is 0 Å². The summed E-state index contributed by atoms with van der Waals surface area (Å²) in [5.41, 5.74) is 0. The number of carbonyl (C=O) groups excluding carboxylic acids is 2. The van der Waals surface area contributed by atoms with Gasteiger partial charge in [0.2, 0.25) is 0 Å². The molecule has 0 aliphatic heterocycles. The summed E-state index contributed by atoms with van der Waals surface area (Å²) in [5.74, 6) is -0.538. The molecule has 0 spiro atoms. The van der Waals surface area contributed by atoms with Gasteiger partial charge >= 0.3 is 17.3 Å². The molecule has 0 aliphatic carbocycles. The van der Waals surface area contributed by atoms with Crippen molar-refractivity contribution in [3.05, 3.63) is 0 Å². The third-order valence-corrected chi connectivity index (χ3v) is 5.03. The van der Waals surface area contributed by atoms with Gasteiger partial charge in [0.1, 0.15) is 12.9 Å². The standard InChI is InChI=1S/C20H38O5S/c1-2-3-4-5-6-7-8-9-10-11-12-13-14-15-16-17-20(22)25-26(23)24-19-18-21/h18H,2-17,19H2,1H3. The Hall–Kier alpha value is -0.750. The Balaban J connectivity index is 3.20. The van der Waals surface area contributed by atoms with E-state index in [9.17, 15) is 13.8 Å². The van der Waals surface area contributed by atoms with E-state index >= 15 is 0 Å². The van der Waals surface area contributed by atoms with E-state index in [4.69, 9.17) is 0 Å². The van der Waals surface area contributed by atoms with Crippen LogP contribution >= 0.6 is 0 Å². The molecule has 0 fully saturated rings. The molecule has 0 amide bonds. The molecule has 0 rings (SSSR count). The minimum absolute atomic E-state index is 0.244. The summed E-state index contributed by atoms with van der Waals surface area (Å²) in [4.78, 5) is 21.4. The first-order chi connectivity index (χ1) is 12.7. The molecule has 0 aromatic carbocycles. The average Bonchev–Trinajstić information content (AvgIpc) is 2.63. The van der Waals surface area contributed by atoms with Crippen molar-refractivity contribution in [3.63, 3.8) is 0 Å². The van der Waals surface area contributed by atoms with Gasteiger partial charge < -0.3 is 8.98 Å². The highest BCUT2D eigenvalue weighted by Crippen LogP contribution is 2.13. The van der Waals surface area contributed by atoms with Crippen LogP contribution in [0.3, 0.4) is 0 Å². The molecule has 154 valence electrons. The molecule has 26 heavy (non-hydrogen) atoms. The molecule has 0 saturated heterocycles. The Kier molecular flexibility index (Phi) is 20.0. The van der Waals surface area contributed by atoms with Crippen molar-refractivity contribution in [2.24, 2.45) is 0 Å². The van der Waals surface area contributed by atoms with E-state index in [1.54, 1.807) is 0 Å². The molecular weight excluding hydrogens is 352 g/mol. The topological polar surface area (TPSA) is 69.7 Å². The number of carbonyl (C=O) groups is 2. The van der Waals surface area contributed by atoms with Crippen LogP contribution in [0.2, 0.25) is 0 Å². The van der Waals surface area contributed by atoms with Gasteiger partial charge in [0.15, 0.2) is 0 Å². The minimum atomic E-state index is -2.15. The first-order valence-electron chi connectivity index (χ1n) is 10.4. The summed E-state index contributed by atoms with van der Waals surface area (Å²) in [6, 6.07) is 0. The van der Waals surface area contributed by atoms with E-state index in [-0.39, 0.29) is 13.0 Å². The largest absolute Gasteiger partial charge is 0.363 e. The van der Waals surface area contributed by atoms with Crippen molar-refractivity contribution < 1.29 is 22.2 Å². The van der Waals surface area contributed by atoms with E-state index in [2.05, 4.69) is 15.3 Å². The molecule has 1 unspecified atom stereocenters. The second kappa shape index (κ2) is 20.6. The SMILES string of the molecule is CCCCCCCCCCCCCCCCCC(=O)OS(=O)OCC=O. The summed E-state index contributed by atoms with van der Waals surface area (Å²) in [6.45, 7) is 1.92. The quantitative estimate of drug-likeness (QED) is 0.200. The zero-order chi connectivity index (χ0) is 19.3. The van der Waals surface area contributed by atoms with Crippen LogP contribution in [0, 0.1) is 0 Å². The van der Waals surface area contributed by atoms with Crippen LogP contribution in [0.5, 0.6) is 0 Å². The van der Waals surface area contributed by atoms with Gasteiger partial charge in [-0.25, -0.2) is 0 Å². The minimum Gasteiger partial charge on any atom is -0.343 e. The lowest BCUT2D eigenvalue weighted by Crippen LogP contribution is -2.10. The average molecular weight is 391 g/mol. The third kappa shape index (κ3) is 19.6. The lowest BCUT2D eigenvalue weighted by molar-refractivity contribution is -0.134. The van der Waals surface area contributed by atoms with E-state index < -0.39 is 17.3 Å². The molecular formula is C20H38O5S. The van der Waals surface area contributed by atoms with Gasteiger partial charge in [0, 0.05) is 6.42 Å². The lowest BCUT2D eigenvalue weighted by atomic mass is 10.0. The summed E-state index contributed by atoms with van der Waals surface area (Å²) >= 11 is -2.15. The zero-order valence-electron chi connectivity index (χ0n) is 16.5. The van der Waals surface area contributed by atoms with Crippen LogP contribution in [0.25, 0.3) is 0 Å². The third-order valence-electron chi connectivity index (χ3n) is 4.38. The predicted octanol–water partition coefficient (Wildman–Crippen LogP) is 5.59. The van der Waals surface area contributed by atoms with Gasteiger partial charge in [0.05, 0.1) is 0 Å². The highest BCUT2D eigenvalue weighted by Gasteiger charge is 2.09. The van der Waals surface area contributed by atoms with Crippen molar-refractivity contribution in [1.82, 2.24) is 0 Å². The smallest absolute Gasteiger partial charge is 0.343 e. The molecule has 0 saturated carbocycles. The number of rotatable bonds is 20. The molecule has 0 bridgehead atoms. The highest BCUT2D eigenvalue weighted by molar-refractivity contribution is 7.75. The Morgan fingerprint density at radius 1 is 0.769 bits per heavy atom. The van der Waals surface area contributed by atoms with Gasteiger partial charge in [-0.3, -0.25) is 8.98 Å². The van der Waals surface area contributed by atoms with E-state index in [1.165, 1.54) is 77.0 Å². The van der Waals surface area contributed by atoms with E-state index in [0.29, 0.717) is 6.29 Å². The highest BCUT2D eigenvalue weighted by atomic mass is 32.2. The van der Waals surface area contributed by atoms with E-state index in [1.807, 2.05) is 0 Å². The van der Waals surface area contributed by atoms with E-state index in [0.717, 1.165) is 19.3 Å². The monoisotopic (exact) mass is 390 g/mol. The fraction of sp³-hybridized carbons (Fsp3) is 0.900. The maximum absolute atomic E-state index is 11.4. The van der Waals surface area contributed by atoms with Gasteiger partial charge in [-0.05, 0) is 6.42 Å². The molecule has 0 N–H and O–H groups in total. The van der Waals surface area contributed by atoms with Crippen LogP contribution in [-0.2, 0) is 29.3 Å². The molecule has 0 aliphatic rings. The molecule has 5 nitrogen and oxygen atoms in total. The zero-order valence-corrected chi connectivity index (χ0v) is 17.4. The number of hydrogen-bond donors (Lipinski definition) is 0. The second-order valence-corrected chi connectivity index (χ2v) is 7.62. The fourth-order valence-electron chi connectivity index (χ4n) is 2.87. The Labute approximate surface area is 162 Å². The summed E-state index contributed by atoms with van der Waals surface area (Å²) in [5, 5.41) is 0. The Morgan fingerprint density at radius 2 is 1.19 bits per heavy atom. The summed E-state index contributed by atoms with van der Waals surface area (Å²) in [7, 11) is 0. The summed E-state index contributed by atoms with van der Waals surface area (Å²) in [6.07, 6.45) is 19.7. The van der Waals surface area contributed by atoms with Crippen molar-refractivity contribution in [1.29, 1.82) is 0 Å². The van der Waals surface area contributed by atoms with Crippen molar-refractivity contribution >= 4 is 23.6 Å². The lowest BCUT2D eigenvalue weighted by Gasteiger charge is -2.04. The first-order valence-corrected chi connectivity index (χ1v) is 11.4. The van der Waals surface area contributed by atoms with Crippen molar-refractivity contribution in [2.45, 2.75) is 110 Å². The molecule has 6 heteroatoms. The normalized spacial score (nSPS) is 12.0. The van der Waals surface area contributed by atoms with Crippen molar-refractivity contribution in [3.8, 4) is 0 Å². The molecule has 1 atom stereocenters. The number of unbranched alkanes of at least 4 members (excludes halogenated alkanes) is 14. The Morgan fingerprint density at radius 3 is 1.62 bits per heavy atom. The maximum atomic E-state index is 11.4. The Bertz CT molecular complexity index is 360. The molecule has 0 radical (unpaired) electrons. The second-order valence-electron chi connectivity index (χ2n) is 6.81. The van der Waals surface area contributed by atoms with Crippen LogP contribution in [0.1, 0.15) is 110 Å². The molecule has 0 aromatic rings. The van der Waals surface area contributed by atoms with Crippen LogP contribution in [0.15, 0.2) is 0 Å². The van der Waals surface area contributed by atoms with Crippen LogP contribution < -0.4 is 0 Å². The predicted molar refractivity (Wildman–Crippen MR) is 106 cm³/mol. The molecule has 0 heterocycles. The van der Waals surface area contributed by atoms with Gasteiger partial charge in [0.25, 0.3) is 0 Å². The number of hydrogen-bond acceptors (Lipinski definition) is 5. The van der Waals surface area contributed by atoms with Gasteiger partial charge in [-0.1, -0.05) is 96.8 Å². The van der Waals surface area contributed by atoms with Crippen LogP contribution in [-0.4, -0.2) is 23.1 Å². The number of aldehydes is 1.